The number of halogens is 2. The van der Waals surface area contributed by atoms with Crippen LogP contribution in [0.4, 0.5) is 0 Å². The van der Waals surface area contributed by atoms with Crippen LogP contribution in [0.25, 0.3) is 12.2 Å². The zero-order chi connectivity index (χ0) is 26.7. The first-order chi connectivity index (χ1) is 18.3. The second kappa shape index (κ2) is 9.81. The van der Waals surface area contributed by atoms with Gasteiger partial charge in [0, 0.05) is 0 Å². The Balaban J connectivity index is 1.89. The van der Waals surface area contributed by atoms with Crippen LogP contribution in [0, 0.1) is 0 Å². The van der Waals surface area contributed by atoms with E-state index in [1.807, 2.05) is 0 Å². The summed E-state index contributed by atoms with van der Waals surface area (Å²) >= 11 is 3.40. The summed E-state index contributed by atoms with van der Waals surface area (Å²) in [4.78, 5) is 0. The van der Waals surface area contributed by atoms with Gasteiger partial charge in [0.05, 0.1) is 0 Å². The Morgan fingerprint density at radius 2 is 0.947 bits per heavy atom. The topological polar surface area (TPSA) is 0 Å². The summed E-state index contributed by atoms with van der Waals surface area (Å²) in [5, 5.41) is 0. The standard InChI is InChI=1S/2C10H8Br.2C6H5.C2H7Si.Zr/c2*1-7-5-8-3-2-4-10(11)9(8)6-7;2*1-2-4-6-5-3-1;1-3-2;/h2*2-6H,1H3;2*1-5H;3H,1-2H3;. The summed E-state index contributed by atoms with van der Waals surface area (Å²) in [6.07, 6.45) is 4.99. The Morgan fingerprint density at radius 3 is 1.32 bits per heavy atom. The average Bonchev–Trinajstić information content (AvgIpc) is 3.45. The molecule has 0 amide bonds. The van der Waals surface area contributed by atoms with E-state index in [1.165, 1.54) is 42.3 Å². The van der Waals surface area contributed by atoms with Crippen molar-refractivity contribution in [3.63, 3.8) is 0 Å². The van der Waals surface area contributed by atoms with Crippen LogP contribution >= 0.6 is 31.9 Å². The number of hydrogen-bond acceptors (Lipinski definition) is 0. The van der Waals surface area contributed by atoms with E-state index in [0.717, 1.165) is 0 Å². The summed E-state index contributed by atoms with van der Waals surface area (Å²) in [5.74, 6) is -1.45. The average molecular weight is 721 g/mol. The summed E-state index contributed by atoms with van der Waals surface area (Å²) in [6, 6.07) is 37.4. The second-order valence-electron chi connectivity index (χ2n) is 11.5. The van der Waals surface area contributed by atoms with Gasteiger partial charge < -0.3 is 0 Å². The van der Waals surface area contributed by atoms with Crippen molar-refractivity contribution in [3.05, 3.63) is 139 Å². The first kappa shape index (κ1) is 26.6. The van der Waals surface area contributed by atoms with Gasteiger partial charge in [-0.3, -0.25) is 0 Å². The molecule has 4 aromatic carbocycles. The van der Waals surface area contributed by atoms with Gasteiger partial charge in [-0.15, -0.1) is 0 Å². The van der Waals surface area contributed by atoms with E-state index in [0.29, 0.717) is 7.25 Å². The van der Waals surface area contributed by atoms with E-state index in [2.05, 4.69) is 168 Å². The molecule has 6 rings (SSSR count). The van der Waals surface area contributed by atoms with Crippen molar-refractivity contribution in [2.45, 2.75) is 34.2 Å². The molecule has 2 aliphatic rings. The molecule has 0 saturated heterocycles. The van der Waals surface area contributed by atoms with Crippen molar-refractivity contribution < 1.29 is 17.9 Å². The second-order valence-corrected chi connectivity index (χ2v) is 44.4. The van der Waals surface area contributed by atoms with Crippen LogP contribution in [0.3, 0.4) is 0 Å². The van der Waals surface area contributed by atoms with Crippen LogP contribution < -0.4 is 6.54 Å². The monoisotopic (exact) mass is 717 g/mol. The summed E-state index contributed by atoms with van der Waals surface area (Å²) in [6.45, 7) is 10.2. The fourth-order valence-electron chi connectivity index (χ4n) is 8.63. The predicted molar refractivity (Wildman–Crippen MR) is 172 cm³/mol. The minimum absolute atomic E-state index is 0.402. The molecule has 2 aliphatic carbocycles. The number of benzene rings is 4. The zero-order valence-corrected chi connectivity index (χ0v) is 29.2. The Morgan fingerprint density at radius 1 is 0.553 bits per heavy atom. The van der Waals surface area contributed by atoms with Crippen LogP contribution in [0.15, 0.2) is 117 Å². The molecule has 4 aromatic rings. The van der Waals surface area contributed by atoms with Crippen LogP contribution in [0.5, 0.6) is 0 Å². The van der Waals surface area contributed by atoms with Crippen LogP contribution in [0.1, 0.15) is 43.4 Å². The van der Waals surface area contributed by atoms with E-state index in [4.69, 9.17) is 0 Å². The molecule has 2 unspecified atom stereocenters. The molecule has 0 bridgehead atoms. The Labute approximate surface area is 245 Å². The SMILES string of the molecule is CC1=Cc2c(Br)cccc2[CH]1[Zr]([c]1ccccc1)([c]1ccccc1)([CH]1C(C)=Cc2c(Br)cccc21)[SiH](C)C. The first-order valence-electron chi connectivity index (χ1n) is 13.5. The zero-order valence-electron chi connectivity index (χ0n) is 22.4. The van der Waals surface area contributed by atoms with Gasteiger partial charge in [-0.2, -0.15) is 0 Å². The van der Waals surface area contributed by atoms with Crippen molar-refractivity contribution in [2.75, 3.05) is 0 Å². The van der Waals surface area contributed by atoms with E-state index >= 15 is 0 Å². The van der Waals surface area contributed by atoms with Gasteiger partial charge in [-0.1, -0.05) is 0 Å². The van der Waals surface area contributed by atoms with Crippen molar-refractivity contribution in [1.82, 2.24) is 0 Å². The molecule has 191 valence electrons. The molecule has 0 fully saturated rings. The normalized spacial score (nSPS) is 19.4. The third kappa shape index (κ3) is 3.39. The maximum absolute atomic E-state index is 4.48. The Kier molecular flexibility index (Phi) is 6.87. The van der Waals surface area contributed by atoms with Gasteiger partial charge in [0.1, 0.15) is 0 Å². The molecule has 0 N–H and O–H groups in total. The van der Waals surface area contributed by atoms with Gasteiger partial charge in [0.25, 0.3) is 0 Å². The first-order valence-corrected chi connectivity index (χ1v) is 27.5. The number of fused-ring (bicyclic) bond motifs is 2. The van der Waals surface area contributed by atoms with Crippen molar-refractivity contribution in [1.29, 1.82) is 0 Å². The van der Waals surface area contributed by atoms with Gasteiger partial charge in [0.2, 0.25) is 0 Å². The Bertz CT molecular complexity index is 1490. The third-order valence-corrected chi connectivity index (χ3v) is 57.7. The molecule has 2 atom stereocenters. The minimum atomic E-state index is -4.48. The van der Waals surface area contributed by atoms with E-state index in [9.17, 15) is 0 Å². The van der Waals surface area contributed by atoms with E-state index in [1.54, 1.807) is 6.54 Å². The van der Waals surface area contributed by atoms with E-state index < -0.39 is 23.9 Å². The molecular weight excluding hydrogens is 687 g/mol. The fourth-order valence-corrected chi connectivity index (χ4v) is 58.8. The number of rotatable bonds is 5. The van der Waals surface area contributed by atoms with Crippen LogP contribution in [-0.2, 0) is 17.9 Å². The molecule has 0 aliphatic heterocycles. The Hall–Kier alpha value is -1.58. The molecule has 0 heterocycles. The number of allylic oxidation sites excluding steroid dienone is 2. The molecule has 0 spiro atoms. The van der Waals surface area contributed by atoms with Crippen molar-refractivity contribution in [2.24, 2.45) is 0 Å². The summed E-state index contributed by atoms with van der Waals surface area (Å²) in [7, 11) is 0. The van der Waals surface area contributed by atoms with Crippen LogP contribution in [-0.4, -0.2) is 5.92 Å². The molecular formula is C34H33Br2SiZr. The molecule has 38 heavy (non-hydrogen) atoms. The van der Waals surface area contributed by atoms with Crippen molar-refractivity contribution in [3.8, 4) is 0 Å². The maximum atomic E-state index is 3.94. The predicted octanol–water partition coefficient (Wildman–Crippen LogP) is 9.15. The van der Waals surface area contributed by atoms with Gasteiger partial charge in [-0.05, 0) is 0 Å². The molecule has 4 heteroatoms. The molecule has 0 saturated carbocycles. The third-order valence-electron chi connectivity index (χ3n) is 9.77. The fraction of sp³-hybridized carbons (Fsp3) is 0.176. The van der Waals surface area contributed by atoms with Gasteiger partial charge >= 0.3 is 248 Å². The molecule has 0 nitrogen and oxygen atoms in total. The quantitative estimate of drug-likeness (QED) is 0.181. The summed E-state index contributed by atoms with van der Waals surface area (Å²) < 4.78 is 6.49. The molecule has 0 radical (unpaired) electrons. The summed E-state index contributed by atoms with van der Waals surface area (Å²) in [5.41, 5.74) is 8.86. The van der Waals surface area contributed by atoms with Gasteiger partial charge in [-0.25, -0.2) is 0 Å². The number of hydrogen-bond donors (Lipinski definition) is 0. The molecule has 0 aromatic heterocycles. The van der Waals surface area contributed by atoms with Crippen LogP contribution in [0.2, 0.25) is 13.1 Å². The van der Waals surface area contributed by atoms with E-state index in [-0.39, 0.29) is 0 Å². The van der Waals surface area contributed by atoms with Crippen molar-refractivity contribution >= 4 is 56.5 Å². The van der Waals surface area contributed by atoms with Gasteiger partial charge in [0.15, 0.2) is 0 Å².